The van der Waals surface area contributed by atoms with Crippen LogP contribution < -0.4 is 0 Å². The van der Waals surface area contributed by atoms with Gasteiger partial charge in [-0.15, -0.1) is 0 Å². The predicted octanol–water partition coefficient (Wildman–Crippen LogP) is 3.26. The molecule has 0 aliphatic rings. The summed E-state index contributed by atoms with van der Waals surface area (Å²) in [6.07, 6.45) is -2.12. The van der Waals surface area contributed by atoms with Crippen molar-refractivity contribution in [1.82, 2.24) is 4.98 Å². The van der Waals surface area contributed by atoms with Gasteiger partial charge in [-0.25, -0.2) is 4.79 Å². The number of halogens is 3. The molecular weight excluding hydrogens is 287 g/mol. The molecule has 21 heavy (non-hydrogen) atoms. The van der Waals surface area contributed by atoms with Gasteiger partial charge in [-0.3, -0.25) is 4.98 Å². The molecule has 0 atom stereocenters. The number of hydrogen-bond donors (Lipinski definition) is 1. The van der Waals surface area contributed by atoms with Crippen LogP contribution in [-0.2, 0) is 10.9 Å². The number of nitrogens with zero attached hydrogens (tertiary/aromatic N) is 1. The van der Waals surface area contributed by atoms with E-state index >= 15 is 0 Å². The molecule has 1 heterocycles. The lowest BCUT2D eigenvalue weighted by molar-refractivity contribution is -0.137. The number of ether oxygens (including phenoxy) is 1. The minimum absolute atomic E-state index is 0.146. The summed E-state index contributed by atoms with van der Waals surface area (Å²) in [5.74, 6) is -1.20. The molecule has 0 saturated carbocycles. The van der Waals surface area contributed by atoms with E-state index < -0.39 is 23.5 Å². The Kier molecular flexibility index (Phi) is 3.84. The molecule has 0 aliphatic heterocycles. The number of alkyl halides is 3. The Morgan fingerprint density at radius 3 is 2.33 bits per heavy atom. The molecule has 7 heteroatoms. The van der Waals surface area contributed by atoms with E-state index in [4.69, 9.17) is 0 Å². The van der Waals surface area contributed by atoms with Gasteiger partial charge in [0.2, 0.25) is 0 Å². The summed E-state index contributed by atoms with van der Waals surface area (Å²) < 4.78 is 42.1. The lowest BCUT2D eigenvalue weighted by Crippen LogP contribution is -2.06. The fourth-order valence-electron chi connectivity index (χ4n) is 1.82. The van der Waals surface area contributed by atoms with E-state index in [0.29, 0.717) is 5.56 Å². The van der Waals surface area contributed by atoms with Crippen LogP contribution in [0.3, 0.4) is 0 Å². The fourth-order valence-corrected chi connectivity index (χ4v) is 1.82. The van der Waals surface area contributed by atoms with Crippen molar-refractivity contribution in [2.45, 2.75) is 6.18 Å². The summed E-state index contributed by atoms with van der Waals surface area (Å²) in [6.45, 7) is 0. The molecule has 2 aromatic rings. The fraction of sp³-hybridized carbons (Fsp3) is 0.143. The molecule has 2 rings (SSSR count). The minimum Gasteiger partial charge on any atom is -0.505 e. The van der Waals surface area contributed by atoms with E-state index in [1.54, 1.807) is 0 Å². The number of carbonyl (C=O) groups is 1. The number of carbonyl (C=O) groups excluding carboxylic acids is 1. The van der Waals surface area contributed by atoms with Crippen molar-refractivity contribution >= 4 is 5.97 Å². The Morgan fingerprint density at radius 2 is 1.81 bits per heavy atom. The first-order valence-electron chi connectivity index (χ1n) is 5.77. The van der Waals surface area contributed by atoms with Gasteiger partial charge in [0.25, 0.3) is 0 Å². The molecule has 110 valence electrons. The Labute approximate surface area is 117 Å². The molecule has 0 bridgehead atoms. The van der Waals surface area contributed by atoms with E-state index in [-0.39, 0.29) is 11.1 Å². The standard InChI is InChI=1S/C14H10F3NO3/c1-21-13(20)12-10(6-18-7-11(12)19)8-2-4-9(5-3-8)14(15,16)17/h2-7,19H,1H3. The number of methoxy groups -OCH3 is 1. The zero-order valence-corrected chi connectivity index (χ0v) is 10.8. The summed E-state index contributed by atoms with van der Waals surface area (Å²) in [6, 6.07) is 4.18. The monoisotopic (exact) mass is 297 g/mol. The number of esters is 1. The number of aromatic hydroxyl groups is 1. The molecule has 1 aromatic heterocycles. The van der Waals surface area contributed by atoms with E-state index in [1.807, 2.05) is 0 Å². The Hall–Kier alpha value is -2.57. The molecule has 0 aliphatic carbocycles. The maximum Gasteiger partial charge on any atom is 0.416 e. The van der Waals surface area contributed by atoms with Gasteiger partial charge in [0.05, 0.1) is 18.9 Å². The highest BCUT2D eigenvalue weighted by Gasteiger charge is 2.30. The lowest BCUT2D eigenvalue weighted by atomic mass is 10.00. The van der Waals surface area contributed by atoms with Gasteiger partial charge < -0.3 is 9.84 Å². The zero-order chi connectivity index (χ0) is 15.6. The van der Waals surface area contributed by atoms with Crippen LogP contribution >= 0.6 is 0 Å². The summed E-state index contributed by atoms with van der Waals surface area (Å²) in [5.41, 5.74) is -0.450. The van der Waals surface area contributed by atoms with Gasteiger partial charge in [-0.2, -0.15) is 13.2 Å². The third-order valence-corrected chi connectivity index (χ3v) is 2.84. The average molecular weight is 297 g/mol. The molecule has 0 spiro atoms. The smallest absolute Gasteiger partial charge is 0.416 e. The number of hydrogen-bond acceptors (Lipinski definition) is 4. The molecule has 1 aromatic carbocycles. The first-order chi connectivity index (χ1) is 9.84. The van der Waals surface area contributed by atoms with E-state index in [1.165, 1.54) is 18.3 Å². The summed E-state index contributed by atoms with van der Waals surface area (Å²) in [5, 5.41) is 9.69. The van der Waals surface area contributed by atoms with Crippen LogP contribution in [0.4, 0.5) is 13.2 Å². The molecule has 0 fully saturated rings. The van der Waals surface area contributed by atoms with Gasteiger partial charge in [0.15, 0.2) is 0 Å². The summed E-state index contributed by atoms with van der Waals surface area (Å²) >= 11 is 0. The van der Waals surface area contributed by atoms with Gasteiger partial charge in [0, 0.05) is 11.8 Å². The zero-order valence-electron chi connectivity index (χ0n) is 10.8. The van der Waals surface area contributed by atoms with Crippen molar-refractivity contribution in [2.24, 2.45) is 0 Å². The number of benzene rings is 1. The van der Waals surface area contributed by atoms with Crippen LogP contribution in [-0.4, -0.2) is 23.2 Å². The van der Waals surface area contributed by atoms with Crippen molar-refractivity contribution in [2.75, 3.05) is 7.11 Å². The second-order valence-corrected chi connectivity index (χ2v) is 4.15. The molecule has 0 saturated heterocycles. The van der Waals surface area contributed by atoms with Crippen molar-refractivity contribution < 1.29 is 27.8 Å². The van der Waals surface area contributed by atoms with E-state index in [2.05, 4.69) is 9.72 Å². The van der Waals surface area contributed by atoms with Gasteiger partial charge in [0.1, 0.15) is 11.3 Å². The Balaban J connectivity index is 2.52. The second kappa shape index (κ2) is 5.43. The SMILES string of the molecule is COC(=O)c1c(O)cncc1-c1ccc(C(F)(F)F)cc1. The number of rotatable bonds is 2. The van der Waals surface area contributed by atoms with Crippen LogP contribution in [0, 0.1) is 0 Å². The van der Waals surface area contributed by atoms with Crippen molar-refractivity contribution in [1.29, 1.82) is 0 Å². The summed E-state index contributed by atoms with van der Waals surface area (Å²) in [4.78, 5) is 15.4. The third-order valence-electron chi connectivity index (χ3n) is 2.84. The van der Waals surface area contributed by atoms with Crippen molar-refractivity contribution in [3.63, 3.8) is 0 Å². The quantitative estimate of drug-likeness (QED) is 0.864. The van der Waals surface area contributed by atoms with Crippen molar-refractivity contribution in [3.8, 4) is 16.9 Å². The topological polar surface area (TPSA) is 59.4 Å². The van der Waals surface area contributed by atoms with Crippen LogP contribution in [0.25, 0.3) is 11.1 Å². The van der Waals surface area contributed by atoms with Crippen LogP contribution in [0.15, 0.2) is 36.7 Å². The molecular formula is C14H10F3NO3. The maximum absolute atomic E-state index is 12.5. The molecule has 0 amide bonds. The molecule has 1 N–H and O–H groups in total. The third kappa shape index (κ3) is 2.96. The molecule has 4 nitrogen and oxygen atoms in total. The predicted molar refractivity (Wildman–Crippen MR) is 67.7 cm³/mol. The highest BCUT2D eigenvalue weighted by Crippen LogP contribution is 2.33. The average Bonchev–Trinajstić information content (AvgIpc) is 2.45. The van der Waals surface area contributed by atoms with E-state index in [0.717, 1.165) is 25.4 Å². The summed E-state index contributed by atoms with van der Waals surface area (Å²) in [7, 11) is 1.14. The van der Waals surface area contributed by atoms with Crippen LogP contribution in [0.1, 0.15) is 15.9 Å². The Morgan fingerprint density at radius 1 is 1.19 bits per heavy atom. The molecule has 0 radical (unpaired) electrons. The van der Waals surface area contributed by atoms with Gasteiger partial charge in [-0.1, -0.05) is 12.1 Å². The first-order valence-corrected chi connectivity index (χ1v) is 5.77. The highest BCUT2D eigenvalue weighted by molar-refractivity contribution is 5.99. The first kappa shape index (κ1) is 14.8. The van der Waals surface area contributed by atoms with Crippen LogP contribution in [0.2, 0.25) is 0 Å². The molecule has 0 unspecified atom stereocenters. The van der Waals surface area contributed by atoms with Crippen LogP contribution in [0.5, 0.6) is 5.75 Å². The van der Waals surface area contributed by atoms with E-state index in [9.17, 15) is 23.1 Å². The highest BCUT2D eigenvalue weighted by atomic mass is 19.4. The van der Waals surface area contributed by atoms with Gasteiger partial charge >= 0.3 is 12.1 Å². The Bertz CT molecular complexity index is 666. The lowest BCUT2D eigenvalue weighted by Gasteiger charge is -2.11. The van der Waals surface area contributed by atoms with Crippen molar-refractivity contribution in [3.05, 3.63) is 47.8 Å². The number of aromatic nitrogens is 1. The maximum atomic E-state index is 12.5. The second-order valence-electron chi connectivity index (χ2n) is 4.15. The minimum atomic E-state index is -4.44. The van der Waals surface area contributed by atoms with Gasteiger partial charge in [-0.05, 0) is 17.7 Å². The normalized spacial score (nSPS) is 11.2. The largest absolute Gasteiger partial charge is 0.505 e. The number of pyridine rings is 1.